The van der Waals surface area contributed by atoms with Crippen LogP contribution in [0, 0.1) is 6.92 Å². The molecule has 0 bridgehead atoms. The molecule has 2 rings (SSSR count). The van der Waals surface area contributed by atoms with Gasteiger partial charge in [0.05, 0.1) is 6.20 Å². The molecule has 0 aliphatic carbocycles. The van der Waals surface area contributed by atoms with Crippen molar-refractivity contribution < 1.29 is 0 Å². The van der Waals surface area contributed by atoms with E-state index < -0.39 is 0 Å². The topological polar surface area (TPSA) is 55.6 Å². The van der Waals surface area contributed by atoms with Gasteiger partial charge in [0.25, 0.3) is 0 Å². The van der Waals surface area contributed by atoms with Gasteiger partial charge in [-0.1, -0.05) is 13.8 Å². The predicted molar refractivity (Wildman–Crippen MR) is 75.4 cm³/mol. The van der Waals surface area contributed by atoms with Gasteiger partial charge in [0, 0.05) is 24.0 Å². The van der Waals surface area contributed by atoms with Crippen molar-refractivity contribution in [3.63, 3.8) is 0 Å². The summed E-state index contributed by atoms with van der Waals surface area (Å²) in [7, 11) is 0. The zero-order valence-electron chi connectivity index (χ0n) is 11.8. The van der Waals surface area contributed by atoms with Crippen molar-refractivity contribution in [2.75, 3.05) is 6.54 Å². The summed E-state index contributed by atoms with van der Waals surface area (Å²) in [4.78, 5) is 8.31. The Balaban J connectivity index is 1.92. The molecule has 0 amide bonds. The van der Waals surface area contributed by atoms with Crippen LogP contribution in [0.5, 0.6) is 0 Å². The zero-order chi connectivity index (χ0) is 13.7. The Morgan fingerprint density at radius 1 is 1.32 bits per heavy atom. The molecule has 0 fully saturated rings. The van der Waals surface area contributed by atoms with Gasteiger partial charge in [-0.25, -0.2) is 14.6 Å². The van der Waals surface area contributed by atoms with Gasteiger partial charge in [0.15, 0.2) is 5.82 Å². The third kappa shape index (κ3) is 4.13. The van der Waals surface area contributed by atoms with Gasteiger partial charge >= 0.3 is 0 Å². The second-order valence-electron chi connectivity index (χ2n) is 5.02. The summed E-state index contributed by atoms with van der Waals surface area (Å²) >= 11 is 0. The van der Waals surface area contributed by atoms with Crippen molar-refractivity contribution in [3.05, 3.63) is 36.0 Å². The van der Waals surface area contributed by atoms with Crippen LogP contribution in [0.1, 0.15) is 31.5 Å². The van der Waals surface area contributed by atoms with E-state index in [-0.39, 0.29) is 0 Å². The molecule has 0 aliphatic heterocycles. The SMILES string of the molecule is Cc1cc(-n2cc(CCCNC(C)C)cn2)ncn1. The van der Waals surface area contributed by atoms with E-state index in [0.717, 1.165) is 30.9 Å². The van der Waals surface area contributed by atoms with E-state index in [0.29, 0.717) is 6.04 Å². The lowest BCUT2D eigenvalue weighted by Crippen LogP contribution is -2.23. The molecule has 1 N–H and O–H groups in total. The Labute approximate surface area is 114 Å². The molecule has 0 saturated heterocycles. The van der Waals surface area contributed by atoms with E-state index in [1.807, 2.05) is 25.4 Å². The molecule has 0 unspecified atom stereocenters. The van der Waals surface area contributed by atoms with Gasteiger partial charge in [0.1, 0.15) is 6.33 Å². The first-order chi connectivity index (χ1) is 9.15. The Hall–Kier alpha value is -1.75. The van der Waals surface area contributed by atoms with Crippen molar-refractivity contribution in [3.8, 4) is 5.82 Å². The van der Waals surface area contributed by atoms with E-state index in [1.54, 1.807) is 11.0 Å². The van der Waals surface area contributed by atoms with Gasteiger partial charge < -0.3 is 5.32 Å². The van der Waals surface area contributed by atoms with E-state index in [9.17, 15) is 0 Å². The summed E-state index contributed by atoms with van der Waals surface area (Å²) in [6, 6.07) is 2.48. The summed E-state index contributed by atoms with van der Waals surface area (Å²) in [5, 5.41) is 7.76. The predicted octanol–water partition coefficient (Wildman–Crippen LogP) is 1.90. The minimum absolute atomic E-state index is 0.548. The summed E-state index contributed by atoms with van der Waals surface area (Å²) in [5.74, 6) is 0.819. The summed E-state index contributed by atoms with van der Waals surface area (Å²) in [5.41, 5.74) is 2.19. The maximum Gasteiger partial charge on any atom is 0.156 e. The molecule has 2 aromatic heterocycles. The van der Waals surface area contributed by atoms with Crippen LogP contribution in [0.2, 0.25) is 0 Å². The van der Waals surface area contributed by atoms with Crippen LogP contribution >= 0.6 is 0 Å². The molecular weight excluding hydrogens is 238 g/mol. The summed E-state index contributed by atoms with van der Waals surface area (Å²) < 4.78 is 1.81. The van der Waals surface area contributed by atoms with Gasteiger partial charge in [0.2, 0.25) is 0 Å². The van der Waals surface area contributed by atoms with Crippen LogP contribution in [-0.2, 0) is 6.42 Å². The second-order valence-corrected chi connectivity index (χ2v) is 5.02. The number of hydrogen-bond acceptors (Lipinski definition) is 4. The number of hydrogen-bond donors (Lipinski definition) is 1. The molecule has 102 valence electrons. The first-order valence-corrected chi connectivity index (χ1v) is 6.71. The Kier molecular flexibility index (Phi) is 4.63. The molecule has 0 radical (unpaired) electrons. The highest BCUT2D eigenvalue weighted by molar-refractivity contribution is 5.23. The highest BCUT2D eigenvalue weighted by Crippen LogP contribution is 2.07. The fourth-order valence-corrected chi connectivity index (χ4v) is 1.86. The van der Waals surface area contributed by atoms with Crippen molar-refractivity contribution in [2.24, 2.45) is 0 Å². The monoisotopic (exact) mass is 259 g/mol. The Morgan fingerprint density at radius 2 is 2.16 bits per heavy atom. The smallest absolute Gasteiger partial charge is 0.156 e. The fraction of sp³-hybridized carbons (Fsp3) is 0.500. The average molecular weight is 259 g/mol. The first kappa shape index (κ1) is 13.7. The Morgan fingerprint density at radius 3 is 2.89 bits per heavy atom. The molecule has 0 atom stereocenters. The van der Waals surface area contributed by atoms with Crippen molar-refractivity contribution in [1.29, 1.82) is 0 Å². The number of aryl methyl sites for hydroxylation is 2. The van der Waals surface area contributed by atoms with Gasteiger partial charge in [-0.3, -0.25) is 0 Å². The molecule has 0 saturated carbocycles. The fourth-order valence-electron chi connectivity index (χ4n) is 1.86. The second kappa shape index (κ2) is 6.43. The van der Waals surface area contributed by atoms with E-state index >= 15 is 0 Å². The standard InChI is InChI=1S/C14H21N5/c1-11(2)15-6-4-5-13-8-18-19(9-13)14-7-12(3)16-10-17-14/h7-11,15H,4-6H2,1-3H3. The minimum Gasteiger partial charge on any atom is -0.315 e. The number of nitrogens with one attached hydrogen (secondary N) is 1. The van der Waals surface area contributed by atoms with E-state index in [1.165, 1.54) is 5.56 Å². The van der Waals surface area contributed by atoms with Crippen LogP contribution in [0.4, 0.5) is 0 Å². The molecule has 0 aromatic carbocycles. The van der Waals surface area contributed by atoms with Crippen LogP contribution in [0.25, 0.3) is 5.82 Å². The lowest BCUT2D eigenvalue weighted by atomic mass is 10.2. The molecule has 2 heterocycles. The first-order valence-electron chi connectivity index (χ1n) is 6.71. The normalized spacial score (nSPS) is 11.2. The van der Waals surface area contributed by atoms with E-state index in [4.69, 9.17) is 0 Å². The maximum absolute atomic E-state index is 4.35. The minimum atomic E-state index is 0.548. The van der Waals surface area contributed by atoms with Crippen molar-refractivity contribution >= 4 is 0 Å². The largest absolute Gasteiger partial charge is 0.315 e. The molecule has 5 nitrogen and oxygen atoms in total. The maximum atomic E-state index is 4.35. The van der Waals surface area contributed by atoms with Gasteiger partial charge in [-0.15, -0.1) is 0 Å². The molecule has 0 spiro atoms. The van der Waals surface area contributed by atoms with E-state index in [2.05, 4.69) is 34.2 Å². The van der Waals surface area contributed by atoms with Crippen LogP contribution in [0.3, 0.4) is 0 Å². The average Bonchev–Trinajstić information content (AvgIpc) is 2.83. The third-order valence-corrected chi connectivity index (χ3v) is 2.85. The number of aromatic nitrogens is 4. The highest BCUT2D eigenvalue weighted by Gasteiger charge is 2.03. The summed E-state index contributed by atoms with van der Waals surface area (Å²) in [6.45, 7) is 7.31. The van der Waals surface area contributed by atoms with Crippen LogP contribution in [0.15, 0.2) is 24.8 Å². The zero-order valence-corrected chi connectivity index (χ0v) is 11.8. The lowest BCUT2D eigenvalue weighted by Gasteiger charge is -2.06. The number of nitrogens with zero attached hydrogens (tertiary/aromatic N) is 4. The van der Waals surface area contributed by atoms with Gasteiger partial charge in [-0.05, 0) is 31.9 Å². The third-order valence-electron chi connectivity index (χ3n) is 2.85. The van der Waals surface area contributed by atoms with Crippen LogP contribution in [-0.4, -0.2) is 32.3 Å². The molecule has 19 heavy (non-hydrogen) atoms. The van der Waals surface area contributed by atoms with Crippen molar-refractivity contribution in [2.45, 2.75) is 39.7 Å². The lowest BCUT2D eigenvalue weighted by molar-refractivity contribution is 0.570. The molecule has 5 heteroatoms. The number of rotatable bonds is 6. The summed E-state index contributed by atoms with van der Waals surface area (Å²) in [6.07, 6.45) is 7.67. The van der Waals surface area contributed by atoms with Gasteiger partial charge in [-0.2, -0.15) is 5.10 Å². The highest BCUT2D eigenvalue weighted by atomic mass is 15.3. The quantitative estimate of drug-likeness (QED) is 0.805. The van der Waals surface area contributed by atoms with Crippen molar-refractivity contribution in [1.82, 2.24) is 25.1 Å². The Bertz CT molecular complexity index is 518. The van der Waals surface area contributed by atoms with Crippen LogP contribution < -0.4 is 5.32 Å². The molecule has 0 aliphatic rings. The molecule has 2 aromatic rings. The molecular formula is C14H21N5.